The molecular weight excluding hydrogens is 258 g/mol. The highest BCUT2D eigenvalue weighted by Gasteiger charge is 2.22. The smallest absolute Gasteiger partial charge is 0.271 e. The molecule has 1 aliphatic rings. The second kappa shape index (κ2) is 6.83. The minimum Gasteiger partial charge on any atom is -0.372 e. The second-order valence-electron chi connectivity index (χ2n) is 4.74. The maximum atomic E-state index is 11.8. The van der Waals surface area contributed by atoms with Crippen LogP contribution in [0.2, 0.25) is 0 Å². The number of aromatic nitrogens is 2. The lowest BCUT2D eigenvalue weighted by atomic mass is 10.3. The van der Waals surface area contributed by atoms with Gasteiger partial charge in [-0.3, -0.25) is 14.6 Å². The Morgan fingerprint density at radius 1 is 1.35 bits per heavy atom. The number of nitrogens with zero attached hydrogens (tertiary/aromatic N) is 2. The molecule has 7 heteroatoms. The quantitative estimate of drug-likeness (QED) is 0.623. The van der Waals surface area contributed by atoms with Gasteiger partial charge < -0.3 is 16.0 Å². The summed E-state index contributed by atoms with van der Waals surface area (Å²) in [6, 6.07) is 0.386. The molecule has 1 aromatic heterocycles. The van der Waals surface area contributed by atoms with E-state index in [0.29, 0.717) is 31.2 Å². The van der Waals surface area contributed by atoms with Crippen LogP contribution >= 0.6 is 0 Å². The zero-order chi connectivity index (χ0) is 14.4. The minimum absolute atomic E-state index is 0.0544. The van der Waals surface area contributed by atoms with Gasteiger partial charge in [0.25, 0.3) is 5.91 Å². The summed E-state index contributed by atoms with van der Waals surface area (Å²) in [6.07, 6.45) is 6.17. The van der Waals surface area contributed by atoms with Crippen molar-refractivity contribution in [2.24, 2.45) is 0 Å². The van der Waals surface area contributed by atoms with E-state index in [1.54, 1.807) is 13.2 Å². The van der Waals surface area contributed by atoms with Crippen molar-refractivity contribution >= 4 is 17.6 Å². The van der Waals surface area contributed by atoms with E-state index in [-0.39, 0.29) is 17.5 Å². The Labute approximate surface area is 117 Å². The maximum absolute atomic E-state index is 11.8. The summed E-state index contributed by atoms with van der Waals surface area (Å²) in [5, 5.41) is 8.45. The molecule has 0 spiro atoms. The third kappa shape index (κ3) is 4.49. The predicted molar refractivity (Wildman–Crippen MR) is 74.3 cm³/mol. The van der Waals surface area contributed by atoms with Crippen LogP contribution < -0.4 is 16.0 Å². The second-order valence-corrected chi connectivity index (χ2v) is 4.74. The first-order chi connectivity index (χ1) is 9.69. The molecule has 0 atom stereocenters. The molecule has 1 aromatic rings. The highest BCUT2D eigenvalue weighted by atomic mass is 16.2. The highest BCUT2D eigenvalue weighted by Crippen LogP contribution is 2.18. The van der Waals surface area contributed by atoms with E-state index in [2.05, 4.69) is 25.9 Å². The summed E-state index contributed by atoms with van der Waals surface area (Å²) in [5.74, 6) is 0.317. The van der Waals surface area contributed by atoms with E-state index >= 15 is 0 Å². The Morgan fingerprint density at radius 2 is 2.15 bits per heavy atom. The number of hydrogen-bond donors (Lipinski definition) is 3. The fourth-order valence-corrected chi connectivity index (χ4v) is 1.66. The van der Waals surface area contributed by atoms with E-state index in [1.807, 2.05) is 0 Å². The number of rotatable bonds is 7. The van der Waals surface area contributed by atoms with Crippen molar-refractivity contribution in [1.29, 1.82) is 0 Å². The number of carbonyl (C=O) groups is 2. The average Bonchev–Trinajstić information content (AvgIpc) is 3.27. The molecule has 108 valence electrons. The lowest BCUT2D eigenvalue weighted by Gasteiger charge is -2.06. The van der Waals surface area contributed by atoms with Crippen LogP contribution in [0, 0.1) is 0 Å². The molecular formula is C13H19N5O2. The van der Waals surface area contributed by atoms with Crippen LogP contribution in [0.4, 0.5) is 5.82 Å². The van der Waals surface area contributed by atoms with Crippen LogP contribution in [0.3, 0.4) is 0 Å². The van der Waals surface area contributed by atoms with Gasteiger partial charge in [0.1, 0.15) is 11.5 Å². The number of nitrogens with one attached hydrogen (secondary N) is 3. The number of hydrogen-bond acceptors (Lipinski definition) is 5. The first-order valence-corrected chi connectivity index (χ1v) is 6.76. The van der Waals surface area contributed by atoms with E-state index in [0.717, 1.165) is 12.8 Å². The maximum Gasteiger partial charge on any atom is 0.271 e. The van der Waals surface area contributed by atoms with Gasteiger partial charge in [0.2, 0.25) is 5.91 Å². The van der Waals surface area contributed by atoms with Crippen LogP contribution in [0.25, 0.3) is 0 Å². The molecule has 1 aliphatic carbocycles. The Morgan fingerprint density at radius 3 is 2.85 bits per heavy atom. The van der Waals surface area contributed by atoms with Crippen molar-refractivity contribution in [1.82, 2.24) is 20.6 Å². The van der Waals surface area contributed by atoms with Gasteiger partial charge in [0, 0.05) is 26.1 Å². The van der Waals surface area contributed by atoms with E-state index in [1.165, 1.54) is 6.20 Å². The summed E-state index contributed by atoms with van der Waals surface area (Å²) >= 11 is 0. The van der Waals surface area contributed by atoms with E-state index in [9.17, 15) is 9.59 Å². The van der Waals surface area contributed by atoms with E-state index in [4.69, 9.17) is 0 Å². The molecule has 0 radical (unpaired) electrons. The Hall–Kier alpha value is -2.18. The summed E-state index contributed by atoms with van der Waals surface area (Å²) in [5.41, 5.74) is 0.263. The van der Waals surface area contributed by atoms with Gasteiger partial charge in [-0.25, -0.2) is 4.98 Å². The molecule has 2 rings (SSSR count). The number of anilines is 1. The molecule has 2 amide bonds. The van der Waals surface area contributed by atoms with Crippen LogP contribution in [0.5, 0.6) is 0 Å². The van der Waals surface area contributed by atoms with Gasteiger partial charge in [0.05, 0.1) is 12.4 Å². The Kier molecular flexibility index (Phi) is 4.86. The van der Waals surface area contributed by atoms with Crippen molar-refractivity contribution in [2.75, 3.05) is 18.9 Å². The summed E-state index contributed by atoms with van der Waals surface area (Å²) < 4.78 is 0. The predicted octanol–water partition coefficient (Wildman–Crippen LogP) is 0.307. The SMILES string of the molecule is CNc1cncc(C(=O)NCCCC(=O)NC2CC2)n1. The molecule has 0 unspecified atom stereocenters. The third-order valence-electron chi connectivity index (χ3n) is 2.93. The van der Waals surface area contributed by atoms with Gasteiger partial charge in [-0.15, -0.1) is 0 Å². The normalized spacial score (nSPS) is 13.7. The minimum atomic E-state index is -0.280. The van der Waals surface area contributed by atoms with Gasteiger partial charge >= 0.3 is 0 Å². The lowest BCUT2D eigenvalue weighted by Crippen LogP contribution is -2.29. The molecule has 20 heavy (non-hydrogen) atoms. The lowest BCUT2D eigenvalue weighted by molar-refractivity contribution is -0.121. The average molecular weight is 277 g/mol. The van der Waals surface area contributed by atoms with Crippen molar-refractivity contribution in [3.8, 4) is 0 Å². The monoisotopic (exact) mass is 277 g/mol. The van der Waals surface area contributed by atoms with Gasteiger partial charge in [0.15, 0.2) is 0 Å². The number of carbonyl (C=O) groups excluding carboxylic acids is 2. The van der Waals surface area contributed by atoms with Gasteiger partial charge in [-0.1, -0.05) is 0 Å². The van der Waals surface area contributed by atoms with Crippen molar-refractivity contribution < 1.29 is 9.59 Å². The van der Waals surface area contributed by atoms with Crippen LogP contribution in [0.1, 0.15) is 36.2 Å². The molecule has 1 saturated carbocycles. The molecule has 0 aliphatic heterocycles. The van der Waals surface area contributed by atoms with Crippen LogP contribution in [-0.2, 0) is 4.79 Å². The van der Waals surface area contributed by atoms with Crippen LogP contribution in [-0.4, -0.2) is 41.4 Å². The molecule has 0 aromatic carbocycles. The Balaban J connectivity index is 1.67. The number of amides is 2. The molecule has 1 fully saturated rings. The first kappa shape index (κ1) is 14.2. The fraction of sp³-hybridized carbons (Fsp3) is 0.538. The highest BCUT2D eigenvalue weighted by molar-refractivity contribution is 5.92. The standard InChI is InChI=1S/C13H19N5O2/c1-14-11-8-15-7-10(18-11)13(20)16-6-2-3-12(19)17-9-4-5-9/h7-9H,2-6H2,1H3,(H,14,18)(H,16,20)(H,17,19). The van der Waals surface area contributed by atoms with Gasteiger partial charge in [-0.05, 0) is 19.3 Å². The van der Waals surface area contributed by atoms with Crippen molar-refractivity contribution in [3.63, 3.8) is 0 Å². The van der Waals surface area contributed by atoms with Crippen LogP contribution in [0.15, 0.2) is 12.4 Å². The topological polar surface area (TPSA) is 96.0 Å². The zero-order valence-electron chi connectivity index (χ0n) is 11.5. The molecule has 0 bridgehead atoms. The zero-order valence-corrected chi connectivity index (χ0v) is 11.5. The molecule has 0 saturated heterocycles. The summed E-state index contributed by atoms with van der Waals surface area (Å²) in [4.78, 5) is 31.3. The van der Waals surface area contributed by atoms with Crippen molar-refractivity contribution in [2.45, 2.75) is 31.7 Å². The van der Waals surface area contributed by atoms with Crippen molar-refractivity contribution in [3.05, 3.63) is 18.1 Å². The van der Waals surface area contributed by atoms with E-state index < -0.39 is 0 Å². The summed E-state index contributed by atoms with van der Waals surface area (Å²) in [6.45, 7) is 0.447. The summed E-state index contributed by atoms with van der Waals surface area (Å²) in [7, 11) is 1.71. The first-order valence-electron chi connectivity index (χ1n) is 6.76. The largest absolute Gasteiger partial charge is 0.372 e. The molecule has 3 N–H and O–H groups in total. The van der Waals surface area contributed by atoms with Gasteiger partial charge in [-0.2, -0.15) is 0 Å². The Bertz CT molecular complexity index is 487. The third-order valence-corrected chi connectivity index (χ3v) is 2.93. The fourth-order valence-electron chi connectivity index (χ4n) is 1.66. The molecule has 1 heterocycles. The molecule has 7 nitrogen and oxygen atoms in total.